The van der Waals surface area contributed by atoms with Crippen molar-refractivity contribution < 1.29 is 5.11 Å². The Hall–Kier alpha value is -0.0400. The van der Waals surface area contributed by atoms with Gasteiger partial charge in [0.2, 0.25) is 0 Å². The van der Waals surface area contributed by atoms with Gasteiger partial charge >= 0.3 is 0 Å². The van der Waals surface area contributed by atoms with Crippen LogP contribution in [-0.2, 0) is 0 Å². The van der Waals surface area contributed by atoms with Gasteiger partial charge in [0.1, 0.15) is 0 Å². The van der Waals surface area contributed by atoms with E-state index < -0.39 is 0 Å². The Morgan fingerprint density at radius 3 is 2.26 bits per heavy atom. The number of hydrogen-bond donors (Lipinski definition) is 2. The average Bonchev–Trinajstić information content (AvgIpc) is 2.53. The fourth-order valence-corrected chi connectivity index (χ4v) is 3.76. The van der Waals surface area contributed by atoms with Crippen molar-refractivity contribution in [2.75, 3.05) is 26.2 Å². The second kappa shape index (κ2) is 10.7. The minimum atomic E-state index is -0.120. The number of aliphatic imine (C=N–C) groups is 1. The van der Waals surface area contributed by atoms with Crippen molar-refractivity contribution in [2.24, 2.45) is 22.7 Å². The number of rotatable bonds is 4. The van der Waals surface area contributed by atoms with E-state index in [4.69, 9.17) is 4.99 Å². The Kier molecular flexibility index (Phi) is 9.82. The first-order chi connectivity index (χ1) is 10.6. The molecule has 5 heteroatoms. The van der Waals surface area contributed by atoms with E-state index in [1.165, 1.54) is 25.7 Å². The zero-order valence-electron chi connectivity index (χ0n) is 15.1. The maximum Gasteiger partial charge on any atom is 0.193 e. The zero-order valence-corrected chi connectivity index (χ0v) is 17.5. The highest BCUT2D eigenvalue weighted by atomic mass is 127. The van der Waals surface area contributed by atoms with Gasteiger partial charge in [-0.3, -0.25) is 4.99 Å². The summed E-state index contributed by atoms with van der Waals surface area (Å²) in [4.78, 5) is 7.22. The first kappa shape index (κ1) is 21.0. The second-order valence-electron chi connectivity index (χ2n) is 7.44. The molecule has 1 aliphatic carbocycles. The number of aliphatic hydroxyl groups is 1. The van der Waals surface area contributed by atoms with Crippen LogP contribution in [0.4, 0.5) is 0 Å². The Morgan fingerprint density at radius 2 is 1.74 bits per heavy atom. The van der Waals surface area contributed by atoms with Gasteiger partial charge in [0.25, 0.3) is 0 Å². The topological polar surface area (TPSA) is 47.9 Å². The molecule has 23 heavy (non-hydrogen) atoms. The fourth-order valence-electron chi connectivity index (χ4n) is 3.76. The Morgan fingerprint density at radius 1 is 1.13 bits per heavy atom. The summed E-state index contributed by atoms with van der Waals surface area (Å²) in [6.07, 6.45) is 7.04. The third kappa shape index (κ3) is 6.77. The summed E-state index contributed by atoms with van der Waals surface area (Å²) in [7, 11) is 0. The molecule has 0 radical (unpaired) electrons. The predicted octanol–water partition coefficient (Wildman–Crippen LogP) is 3.49. The van der Waals surface area contributed by atoms with E-state index in [-0.39, 0.29) is 30.1 Å². The van der Waals surface area contributed by atoms with Gasteiger partial charge in [-0.2, -0.15) is 0 Å². The minimum Gasteiger partial charge on any atom is -0.393 e. The molecule has 0 unspecified atom stereocenters. The Balaban J connectivity index is 0.00000264. The van der Waals surface area contributed by atoms with Crippen LogP contribution in [0.15, 0.2) is 4.99 Å². The molecule has 1 aliphatic heterocycles. The van der Waals surface area contributed by atoms with Crippen molar-refractivity contribution in [1.29, 1.82) is 0 Å². The van der Waals surface area contributed by atoms with Crippen LogP contribution in [0, 0.1) is 17.8 Å². The predicted molar refractivity (Wildman–Crippen MR) is 108 cm³/mol. The summed E-state index contributed by atoms with van der Waals surface area (Å²) >= 11 is 0. The van der Waals surface area contributed by atoms with E-state index in [1.54, 1.807) is 0 Å². The molecule has 0 spiro atoms. The van der Waals surface area contributed by atoms with Crippen LogP contribution in [0.1, 0.15) is 59.3 Å². The number of piperidine rings is 1. The lowest BCUT2D eigenvalue weighted by molar-refractivity contribution is 0.108. The molecule has 1 heterocycles. The van der Waals surface area contributed by atoms with E-state index in [9.17, 15) is 5.11 Å². The molecule has 1 saturated carbocycles. The molecular formula is C18H36IN3O. The highest BCUT2D eigenvalue weighted by Gasteiger charge is 2.24. The second-order valence-corrected chi connectivity index (χ2v) is 7.44. The molecule has 2 N–H and O–H groups in total. The molecule has 0 bridgehead atoms. The molecule has 0 aromatic heterocycles. The first-order valence-corrected chi connectivity index (χ1v) is 9.31. The van der Waals surface area contributed by atoms with Crippen molar-refractivity contribution in [3.05, 3.63) is 0 Å². The summed E-state index contributed by atoms with van der Waals surface area (Å²) in [6.45, 7) is 10.6. The summed E-state index contributed by atoms with van der Waals surface area (Å²) in [5.41, 5.74) is 0. The standard InChI is InChI=1S/C18H35N3O.HI/c1-4-19-18(21-11-9-17(22)10-12-21)20-13-15-5-7-16(8-6-15)14(2)3;/h14-17,22H,4-13H2,1-3H3,(H,19,20);1H. The molecule has 0 aromatic rings. The summed E-state index contributed by atoms with van der Waals surface area (Å²) in [5.74, 6) is 3.58. The van der Waals surface area contributed by atoms with E-state index in [1.807, 2.05) is 0 Å². The third-order valence-electron chi connectivity index (χ3n) is 5.43. The van der Waals surface area contributed by atoms with E-state index in [2.05, 4.69) is 31.0 Å². The number of halogens is 1. The number of aliphatic hydroxyl groups excluding tert-OH is 1. The largest absolute Gasteiger partial charge is 0.393 e. The smallest absolute Gasteiger partial charge is 0.193 e. The Bertz CT molecular complexity index is 346. The summed E-state index contributed by atoms with van der Waals surface area (Å²) in [5, 5.41) is 13.1. The molecule has 2 aliphatic rings. The average molecular weight is 437 g/mol. The number of nitrogens with zero attached hydrogens (tertiary/aromatic N) is 2. The highest BCUT2D eigenvalue weighted by molar-refractivity contribution is 14.0. The van der Waals surface area contributed by atoms with Crippen molar-refractivity contribution >= 4 is 29.9 Å². The lowest BCUT2D eigenvalue weighted by Crippen LogP contribution is -2.46. The first-order valence-electron chi connectivity index (χ1n) is 9.31. The van der Waals surface area contributed by atoms with Gasteiger partial charge in [-0.25, -0.2) is 0 Å². The lowest BCUT2D eigenvalue weighted by atomic mass is 9.77. The van der Waals surface area contributed by atoms with Crippen molar-refractivity contribution in [1.82, 2.24) is 10.2 Å². The molecule has 1 saturated heterocycles. The normalized spacial score (nSPS) is 27.0. The van der Waals surface area contributed by atoms with Gasteiger partial charge in [-0.1, -0.05) is 13.8 Å². The number of likely N-dealkylation sites (tertiary alicyclic amines) is 1. The summed E-state index contributed by atoms with van der Waals surface area (Å²) in [6, 6.07) is 0. The van der Waals surface area contributed by atoms with Gasteiger partial charge in [-0.05, 0) is 63.2 Å². The Labute approximate surface area is 159 Å². The maximum absolute atomic E-state index is 9.66. The van der Waals surface area contributed by atoms with Gasteiger partial charge in [0.15, 0.2) is 5.96 Å². The molecule has 4 nitrogen and oxygen atoms in total. The van der Waals surface area contributed by atoms with Crippen molar-refractivity contribution in [3.63, 3.8) is 0 Å². The quantitative estimate of drug-likeness (QED) is 0.402. The van der Waals surface area contributed by atoms with E-state index in [0.29, 0.717) is 0 Å². The van der Waals surface area contributed by atoms with Crippen LogP contribution in [0.25, 0.3) is 0 Å². The van der Waals surface area contributed by atoms with Gasteiger partial charge in [-0.15, -0.1) is 24.0 Å². The molecule has 0 aromatic carbocycles. The number of guanidine groups is 1. The molecule has 136 valence electrons. The van der Waals surface area contributed by atoms with Crippen LogP contribution < -0.4 is 5.32 Å². The number of nitrogens with one attached hydrogen (secondary N) is 1. The zero-order chi connectivity index (χ0) is 15.9. The fraction of sp³-hybridized carbons (Fsp3) is 0.944. The third-order valence-corrected chi connectivity index (χ3v) is 5.43. The van der Waals surface area contributed by atoms with Crippen LogP contribution in [0.2, 0.25) is 0 Å². The summed E-state index contributed by atoms with van der Waals surface area (Å²) < 4.78 is 0. The van der Waals surface area contributed by atoms with Gasteiger partial charge < -0.3 is 15.3 Å². The molecular weight excluding hydrogens is 401 g/mol. The molecule has 0 amide bonds. The highest BCUT2D eigenvalue weighted by Crippen LogP contribution is 2.33. The monoisotopic (exact) mass is 437 g/mol. The number of hydrogen-bond acceptors (Lipinski definition) is 2. The van der Waals surface area contributed by atoms with Gasteiger partial charge in [0, 0.05) is 26.2 Å². The maximum atomic E-state index is 9.66. The van der Waals surface area contributed by atoms with E-state index in [0.717, 1.165) is 62.7 Å². The van der Waals surface area contributed by atoms with Crippen molar-refractivity contribution in [2.45, 2.75) is 65.4 Å². The molecule has 2 fully saturated rings. The van der Waals surface area contributed by atoms with E-state index >= 15 is 0 Å². The van der Waals surface area contributed by atoms with Gasteiger partial charge in [0.05, 0.1) is 6.10 Å². The lowest BCUT2D eigenvalue weighted by Gasteiger charge is -2.33. The molecule has 2 rings (SSSR count). The van der Waals surface area contributed by atoms with Crippen LogP contribution >= 0.6 is 24.0 Å². The SMILES string of the molecule is CCNC(=NCC1CCC(C(C)C)CC1)N1CCC(O)CC1.I. The van der Waals surface area contributed by atoms with Crippen LogP contribution in [-0.4, -0.2) is 48.2 Å². The van der Waals surface area contributed by atoms with Crippen LogP contribution in [0.5, 0.6) is 0 Å². The van der Waals surface area contributed by atoms with Crippen molar-refractivity contribution in [3.8, 4) is 0 Å². The van der Waals surface area contributed by atoms with Crippen LogP contribution in [0.3, 0.4) is 0 Å². The minimum absolute atomic E-state index is 0. The molecule has 0 atom stereocenters.